The van der Waals surface area contributed by atoms with Crippen molar-refractivity contribution < 1.29 is 18.1 Å². The Kier molecular flexibility index (Phi) is 6.95. The maximum atomic E-state index is 13.1. The van der Waals surface area contributed by atoms with Crippen molar-refractivity contribution in [3.05, 3.63) is 65.2 Å². The van der Waals surface area contributed by atoms with E-state index in [-0.39, 0.29) is 11.9 Å². The van der Waals surface area contributed by atoms with E-state index in [1.807, 2.05) is 70.3 Å². The van der Waals surface area contributed by atoms with Gasteiger partial charge in [-0.25, -0.2) is 8.42 Å². The first-order valence-electron chi connectivity index (χ1n) is 10.4. The number of carbonyl (C=O) groups excluding carboxylic acids is 1. The summed E-state index contributed by atoms with van der Waals surface area (Å²) in [4.78, 5) is 16.2. The summed E-state index contributed by atoms with van der Waals surface area (Å²) < 4.78 is 27.7. The second kappa shape index (κ2) is 9.29. The van der Waals surface area contributed by atoms with E-state index in [9.17, 15) is 13.2 Å². The van der Waals surface area contributed by atoms with Gasteiger partial charge in [0.1, 0.15) is 0 Å². The van der Waals surface area contributed by atoms with Crippen molar-refractivity contribution in [3.63, 3.8) is 0 Å². The Morgan fingerprint density at radius 2 is 1.73 bits per heavy atom. The van der Waals surface area contributed by atoms with Crippen molar-refractivity contribution >= 4 is 15.9 Å². The molecule has 0 saturated carbocycles. The molecule has 0 unspecified atom stereocenters. The maximum Gasteiger partial charge on any atom is 0.280 e. The van der Waals surface area contributed by atoms with Crippen molar-refractivity contribution in [3.8, 4) is 0 Å². The standard InChI is InChI=1S/C23H31N3O3S/c1-18-10-11-22(19(2)16-18)30(28,29)26-14-12-25(13-15-26)20(3)23(27)24(4)17-21-8-6-5-7-9-21/h5-11,16,20H,12-15,17H2,1-4H3/p+1/t20-/m1/s1. The molecule has 1 amide bonds. The second-order valence-electron chi connectivity index (χ2n) is 8.23. The van der Waals surface area contributed by atoms with Gasteiger partial charge in [-0.2, -0.15) is 4.31 Å². The molecule has 6 nitrogen and oxygen atoms in total. The normalized spacial score (nSPS) is 16.9. The minimum atomic E-state index is -3.51. The first-order valence-corrected chi connectivity index (χ1v) is 11.8. The number of hydrogen-bond donors (Lipinski definition) is 1. The molecule has 1 atom stereocenters. The van der Waals surface area contributed by atoms with E-state index in [2.05, 4.69) is 0 Å². The van der Waals surface area contributed by atoms with E-state index < -0.39 is 10.0 Å². The summed E-state index contributed by atoms with van der Waals surface area (Å²) in [6, 6.07) is 15.2. The van der Waals surface area contributed by atoms with Gasteiger partial charge in [-0.1, -0.05) is 48.0 Å². The molecule has 0 spiro atoms. The number of carbonyl (C=O) groups is 1. The number of benzene rings is 2. The van der Waals surface area contributed by atoms with Crippen LogP contribution >= 0.6 is 0 Å². The van der Waals surface area contributed by atoms with Crippen LogP contribution in [0.1, 0.15) is 23.6 Å². The lowest BCUT2D eigenvalue weighted by molar-refractivity contribution is -0.918. The number of aryl methyl sites for hydroxylation is 2. The van der Waals surface area contributed by atoms with E-state index in [0.29, 0.717) is 37.6 Å². The molecule has 0 aliphatic carbocycles. The van der Waals surface area contributed by atoms with E-state index >= 15 is 0 Å². The van der Waals surface area contributed by atoms with Crippen LogP contribution in [0.2, 0.25) is 0 Å². The van der Waals surface area contributed by atoms with Gasteiger partial charge in [0.2, 0.25) is 10.0 Å². The maximum absolute atomic E-state index is 13.1. The number of sulfonamides is 1. The number of amides is 1. The van der Waals surface area contributed by atoms with E-state index in [1.54, 1.807) is 15.3 Å². The van der Waals surface area contributed by atoms with Crippen LogP contribution in [-0.4, -0.2) is 62.8 Å². The van der Waals surface area contributed by atoms with Crippen LogP contribution < -0.4 is 4.90 Å². The van der Waals surface area contributed by atoms with Crippen LogP contribution in [0.5, 0.6) is 0 Å². The van der Waals surface area contributed by atoms with Gasteiger partial charge in [0.05, 0.1) is 31.1 Å². The number of nitrogens with zero attached hydrogens (tertiary/aromatic N) is 2. The third-order valence-electron chi connectivity index (χ3n) is 5.93. The fourth-order valence-electron chi connectivity index (χ4n) is 4.12. The van der Waals surface area contributed by atoms with E-state index in [1.165, 1.54) is 0 Å². The Balaban J connectivity index is 1.61. The third kappa shape index (κ3) is 4.91. The Morgan fingerprint density at radius 3 is 2.33 bits per heavy atom. The molecule has 3 rings (SSSR count). The quantitative estimate of drug-likeness (QED) is 0.750. The zero-order chi connectivity index (χ0) is 21.9. The van der Waals surface area contributed by atoms with Crippen molar-refractivity contribution in [1.29, 1.82) is 0 Å². The number of likely N-dealkylation sites (N-methyl/N-ethyl adjacent to an activating group) is 1. The lowest BCUT2D eigenvalue weighted by Crippen LogP contribution is -3.19. The topological polar surface area (TPSA) is 62.1 Å². The van der Waals surface area contributed by atoms with Crippen molar-refractivity contribution in [2.24, 2.45) is 0 Å². The first kappa shape index (κ1) is 22.5. The van der Waals surface area contributed by atoms with Crippen LogP contribution in [0.25, 0.3) is 0 Å². The molecule has 1 heterocycles. The summed E-state index contributed by atoms with van der Waals surface area (Å²) in [6.07, 6.45) is 0. The average molecular weight is 431 g/mol. The number of nitrogens with one attached hydrogen (secondary N) is 1. The van der Waals surface area contributed by atoms with Gasteiger partial charge in [0.25, 0.3) is 5.91 Å². The highest BCUT2D eigenvalue weighted by Gasteiger charge is 2.35. The monoisotopic (exact) mass is 430 g/mol. The summed E-state index contributed by atoms with van der Waals surface area (Å²) >= 11 is 0. The highest BCUT2D eigenvalue weighted by molar-refractivity contribution is 7.89. The van der Waals surface area contributed by atoms with Gasteiger partial charge in [-0.15, -0.1) is 0 Å². The van der Waals surface area contributed by atoms with Crippen LogP contribution in [-0.2, 0) is 21.4 Å². The Morgan fingerprint density at radius 1 is 1.10 bits per heavy atom. The lowest BCUT2D eigenvalue weighted by atomic mass is 10.2. The van der Waals surface area contributed by atoms with Gasteiger partial charge in [-0.3, -0.25) is 4.79 Å². The molecule has 162 valence electrons. The van der Waals surface area contributed by atoms with E-state index in [4.69, 9.17) is 0 Å². The van der Waals surface area contributed by atoms with Gasteiger partial charge >= 0.3 is 0 Å². The molecule has 0 aromatic heterocycles. The van der Waals surface area contributed by atoms with Crippen LogP contribution in [0.3, 0.4) is 0 Å². The summed E-state index contributed by atoms with van der Waals surface area (Å²) in [5.74, 6) is 0.0829. The summed E-state index contributed by atoms with van der Waals surface area (Å²) in [7, 11) is -1.69. The summed E-state index contributed by atoms with van der Waals surface area (Å²) in [5.41, 5.74) is 2.92. The number of quaternary nitrogens is 1. The highest BCUT2D eigenvalue weighted by Crippen LogP contribution is 2.21. The van der Waals surface area contributed by atoms with Gasteiger partial charge < -0.3 is 9.80 Å². The molecule has 7 heteroatoms. The fraction of sp³-hybridized carbons (Fsp3) is 0.435. The SMILES string of the molecule is Cc1ccc(S(=O)(=O)N2CC[NH+]([C@H](C)C(=O)N(C)Cc3ccccc3)CC2)c(C)c1. The van der Waals surface area contributed by atoms with Gasteiger partial charge in [-0.05, 0) is 38.0 Å². The second-order valence-corrected chi connectivity index (χ2v) is 10.1. The number of rotatable bonds is 6. The highest BCUT2D eigenvalue weighted by atomic mass is 32.2. The molecule has 2 aromatic rings. The van der Waals surface area contributed by atoms with Crippen molar-refractivity contribution in [2.75, 3.05) is 33.2 Å². The summed E-state index contributed by atoms with van der Waals surface area (Å²) in [5, 5.41) is 0. The Labute approximate surface area is 180 Å². The number of hydrogen-bond acceptors (Lipinski definition) is 3. The smallest absolute Gasteiger partial charge is 0.280 e. The molecule has 1 aliphatic rings. The molecule has 0 radical (unpaired) electrons. The van der Waals surface area contributed by atoms with Gasteiger partial charge in [0, 0.05) is 13.6 Å². The predicted octanol–water partition coefficient (Wildman–Crippen LogP) is 1.24. The predicted molar refractivity (Wildman–Crippen MR) is 118 cm³/mol. The van der Waals surface area contributed by atoms with Crippen LogP contribution in [0, 0.1) is 13.8 Å². The number of piperazine rings is 1. The molecule has 1 aliphatic heterocycles. The van der Waals surface area contributed by atoms with Crippen molar-refractivity contribution in [1.82, 2.24) is 9.21 Å². The lowest BCUT2D eigenvalue weighted by Gasteiger charge is -2.35. The molecule has 1 fully saturated rings. The van der Waals surface area contributed by atoms with Crippen LogP contribution in [0.4, 0.5) is 0 Å². The summed E-state index contributed by atoms with van der Waals surface area (Å²) in [6.45, 7) is 8.39. The molecule has 1 N–H and O–H groups in total. The first-order chi connectivity index (χ1) is 14.2. The molecule has 30 heavy (non-hydrogen) atoms. The average Bonchev–Trinajstić information content (AvgIpc) is 2.73. The third-order valence-corrected chi connectivity index (χ3v) is 7.99. The minimum Gasteiger partial charge on any atom is -0.336 e. The molecular weight excluding hydrogens is 398 g/mol. The molecule has 1 saturated heterocycles. The Hall–Kier alpha value is -2.22. The minimum absolute atomic E-state index is 0.0829. The molecule has 0 bridgehead atoms. The largest absolute Gasteiger partial charge is 0.336 e. The zero-order valence-corrected chi connectivity index (χ0v) is 19.1. The zero-order valence-electron chi connectivity index (χ0n) is 18.3. The van der Waals surface area contributed by atoms with E-state index in [0.717, 1.165) is 21.6 Å². The van der Waals surface area contributed by atoms with Crippen molar-refractivity contribution in [2.45, 2.75) is 38.3 Å². The molecular formula is C23H32N3O3S+. The molecule has 2 aromatic carbocycles. The Bertz CT molecular complexity index is 984. The van der Waals surface area contributed by atoms with Gasteiger partial charge in [0.15, 0.2) is 6.04 Å². The fourth-order valence-corrected chi connectivity index (χ4v) is 5.76. The van der Waals surface area contributed by atoms with Crippen LogP contribution in [0.15, 0.2) is 53.4 Å².